The maximum absolute atomic E-state index is 12.9. The Labute approximate surface area is 185 Å². The second-order valence-corrected chi connectivity index (χ2v) is 10.1. The fourth-order valence-electron chi connectivity index (χ4n) is 3.73. The van der Waals surface area contributed by atoms with Crippen molar-refractivity contribution < 1.29 is 17.9 Å². The minimum atomic E-state index is -3.68. The summed E-state index contributed by atoms with van der Waals surface area (Å²) in [6.07, 6.45) is 2.35. The molecule has 2 saturated heterocycles. The Bertz CT molecular complexity index is 1030. The van der Waals surface area contributed by atoms with Crippen molar-refractivity contribution in [2.75, 3.05) is 49.6 Å². The molecule has 2 aromatic rings. The molecule has 9 heteroatoms. The smallest absolute Gasteiger partial charge is 0.256 e. The highest BCUT2D eigenvalue weighted by atomic mass is 79.9. The summed E-state index contributed by atoms with van der Waals surface area (Å²) in [7, 11) is -3.68. The molecule has 0 atom stereocenters. The lowest BCUT2D eigenvalue weighted by Gasteiger charge is -2.26. The van der Waals surface area contributed by atoms with E-state index in [4.69, 9.17) is 4.74 Å². The third-order valence-electron chi connectivity index (χ3n) is 5.37. The van der Waals surface area contributed by atoms with Crippen LogP contribution in [-0.2, 0) is 14.8 Å². The van der Waals surface area contributed by atoms with Gasteiger partial charge in [-0.2, -0.15) is 4.31 Å². The van der Waals surface area contributed by atoms with Gasteiger partial charge in [-0.05, 0) is 65.2 Å². The van der Waals surface area contributed by atoms with E-state index in [-0.39, 0.29) is 16.4 Å². The fourth-order valence-corrected chi connectivity index (χ4v) is 5.59. The van der Waals surface area contributed by atoms with Crippen LogP contribution in [0.3, 0.4) is 0 Å². The lowest BCUT2D eigenvalue weighted by Crippen LogP contribution is -2.40. The molecule has 0 radical (unpaired) electrons. The van der Waals surface area contributed by atoms with Crippen LogP contribution in [0.5, 0.6) is 0 Å². The Morgan fingerprint density at radius 3 is 2.47 bits per heavy atom. The van der Waals surface area contributed by atoms with Crippen LogP contribution >= 0.6 is 15.9 Å². The van der Waals surface area contributed by atoms with Gasteiger partial charge in [-0.25, -0.2) is 8.42 Å². The highest BCUT2D eigenvalue weighted by molar-refractivity contribution is 9.10. The van der Waals surface area contributed by atoms with Gasteiger partial charge in [0.25, 0.3) is 5.91 Å². The fraction of sp³-hybridized carbons (Fsp3) is 0.381. The van der Waals surface area contributed by atoms with Gasteiger partial charge in [0.05, 0.1) is 23.7 Å². The molecule has 30 heavy (non-hydrogen) atoms. The molecule has 2 heterocycles. The first-order valence-electron chi connectivity index (χ1n) is 9.99. The molecule has 7 nitrogen and oxygen atoms in total. The van der Waals surface area contributed by atoms with Gasteiger partial charge in [-0.3, -0.25) is 4.79 Å². The third-order valence-corrected chi connectivity index (χ3v) is 7.95. The lowest BCUT2D eigenvalue weighted by atomic mass is 10.2. The Morgan fingerprint density at radius 2 is 1.73 bits per heavy atom. The van der Waals surface area contributed by atoms with Crippen molar-refractivity contribution in [1.82, 2.24) is 4.31 Å². The van der Waals surface area contributed by atoms with E-state index >= 15 is 0 Å². The first-order chi connectivity index (χ1) is 14.4. The highest BCUT2D eigenvalue weighted by Gasteiger charge is 2.27. The predicted octanol–water partition coefficient (Wildman–Crippen LogP) is 3.32. The number of halogens is 1. The van der Waals surface area contributed by atoms with Gasteiger partial charge in [0.15, 0.2) is 0 Å². The summed E-state index contributed by atoms with van der Waals surface area (Å²) < 4.78 is 33.1. The van der Waals surface area contributed by atoms with E-state index in [1.165, 1.54) is 29.3 Å². The van der Waals surface area contributed by atoms with Crippen LogP contribution in [0.2, 0.25) is 0 Å². The van der Waals surface area contributed by atoms with Gasteiger partial charge in [0.1, 0.15) is 0 Å². The summed E-state index contributed by atoms with van der Waals surface area (Å²) in [5, 5.41) is 2.90. The van der Waals surface area contributed by atoms with Gasteiger partial charge >= 0.3 is 0 Å². The van der Waals surface area contributed by atoms with E-state index in [0.29, 0.717) is 36.5 Å². The third kappa shape index (κ3) is 4.54. The standard InChI is InChI=1S/C21H24BrN3O4S/c22-20-7-6-18(30(27,28)25-10-12-29-13-11-25)15-19(20)21(26)23-16-4-3-5-17(14-16)24-8-1-2-9-24/h3-7,14-15H,1-2,8-13H2,(H,23,26). The molecule has 0 aromatic heterocycles. The number of sulfonamides is 1. The Balaban J connectivity index is 1.56. The summed E-state index contributed by atoms with van der Waals surface area (Å²) in [6.45, 7) is 3.40. The monoisotopic (exact) mass is 493 g/mol. The van der Waals surface area contributed by atoms with Gasteiger partial charge < -0.3 is 15.0 Å². The average molecular weight is 494 g/mol. The Morgan fingerprint density at radius 1 is 1.00 bits per heavy atom. The molecule has 0 aliphatic carbocycles. The van der Waals surface area contributed by atoms with Gasteiger partial charge in [0.2, 0.25) is 10.0 Å². The molecule has 0 saturated carbocycles. The first-order valence-corrected chi connectivity index (χ1v) is 12.2. The van der Waals surface area contributed by atoms with Crippen molar-refractivity contribution in [3.63, 3.8) is 0 Å². The first kappa shape index (κ1) is 21.3. The van der Waals surface area contributed by atoms with E-state index in [9.17, 15) is 13.2 Å². The summed E-state index contributed by atoms with van der Waals surface area (Å²) in [5.41, 5.74) is 2.03. The largest absolute Gasteiger partial charge is 0.379 e. The molecule has 2 aliphatic heterocycles. The van der Waals surface area contributed by atoms with Crippen LogP contribution < -0.4 is 10.2 Å². The predicted molar refractivity (Wildman–Crippen MR) is 120 cm³/mol. The molecule has 2 aliphatic rings. The average Bonchev–Trinajstić information content (AvgIpc) is 3.30. The van der Waals surface area contributed by atoms with E-state index in [0.717, 1.165) is 18.8 Å². The number of hydrogen-bond donors (Lipinski definition) is 1. The molecule has 0 bridgehead atoms. The van der Waals surface area contributed by atoms with E-state index in [1.807, 2.05) is 24.3 Å². The summed E-state index contributed by atoms with van der Waals surface area (Å²) in [6, 6.07) is 12.3. The van der Waals surface area contributed by atoms with Gasteiger partial charge in [-0.15, -0.1) is 0 Å². The number of nitrogens with zero attached hydrogens (tertiary/aromatic N) is 2. The lowest BCUT2D eigenvalue weighted by molar-refractivity contribution is 0.0730. The van der Waals surface area contributed by atoms with Crippen LogP contribution in [0.15, 0.2) is 51.8 Å². The van der Waals surface area contributed by atoms with E-state index in [1.54, 1.807) is 6.07 Å². The zero-order valence-corrected chi connectivity index (χ0v) is 18.9. The number of carbonyl (C=O) groups is 1. The van der Waals surface area contributed by atoms with Crippen molar-refractivity contribution in [2.24, 2.45) is 0 Å². The minimum absolute atomic E-state index is 0.101. The number of amides is 1. The molecule has 2 fully saturated rings. The number of anilines is 2. The zero-order chi connectivity index (χ0) is 21.1. The van der Waals surface area contributed by atoms with Crippen molar-refractivity contribution in [2.45, 2.75) is 17.7 Å². The molecular formula is C21H24BrN3O4S. The highest BCUT2D eigenvalue weighted by Crippen LogP contribution is 2.27. The molecule has 0 unspecified atom stereocenters. The molecule has 160 valence electrons. The summed E-state index contributed by atoms with van der Waals surface area (Å²) >= 11 is 3.38. The van der Waals surface area contributed by atoms with Crippen LogP contribution in [0.25, 0.3) is 0 Å². The maximum Gasteiger partial charge on any atom is 0.256 e. The normalized spacial score (nSPS) is 17.8. The van der Waals surface area contributed by atoms with Crippen LogP contribution in [-0.4, -0.2) is 58.0 Å². The number of benzene rings is 2. The number of hydrogen-bond acceptors (Lipinski definition) is 5. The van der Waals surface area contributed by atoms with Gasteiger partial charge in [-0.1, -0.05) is 6.07 Å². The van der Waals surface area contributed by atoms with Crippen LogP contribution in [0.4, 0.5) is 11.4 Å². The van der Waals surface area contributed by atoms with Crippen molar-refractivity contribution in [1.29, 1.82) is 0 Å². The SMILES string of the molecule is O=C(Nc1cccc(N2CCCC2)c1)c1cc(S(=O)(=O)N2CCOCC2)ccc1Br. The number of rotatable bonds is 5. The quantitative estimate of drug-likeness (QED) is 0.690. The summed E-state index contributed by atoms with van der Waals surface area (Å²) in [4.78, 5) is 15.3. The molecule has 2 aromatic carbocycles. The second kappa shape index (κ2) is 9.05. The van der Waals surface area contributed by atoms with Crippen LogP contribution in [0, 0.1) is 0 Å². The van der Waals surface area contributed by atoms with Crippen molar-refractivity contribution in [3.8, 4) is 0 Å². The molecule has 4 rings (SSSR count). The molecule has 0 spiro atoms. The van der Waals surface area contributed by atoms with Crippen molar-refractivity contribution >= 4 is 43.2 Å². The molecular weight excluding hydrogens is 470 g/mol. The number of morpholine rings is 1. The Hall–Kier alpha value is -1.94. The number of carbonyl (C=O) groups excluding carboxylic acids is 1. The summed E-state index contributed by atoms with van der Waals surface area (Å²) in [5.74, 6) is -0.362. The second-order valence-electron chi connectivity index (χ2n) is 7.36. The zero-order valence-electron chi connectivity index (χ0n) is 16.5. The minimum Gasteiger partial charge on any atom is -0.379 e. The van der Waals surface area contributed by atoms with Crippen molar-refractivity contribution in [3.05, 3.63) is 52.5 Å². The van der Waals surface area contributed by atoms with E-state index in [2.05, 4.69) is 26.1 Å². The van der Waals surface area contributed by atoms with E-state index < -0.39 is 10.0 Å². The topological polar surface area (TPSA) is 79.0 Å². The van der Waals surface area contributed by atoms with Gasteiger partial charge in [0, 0.05) is 42.0 Å². The van der Waals surface area contributed by atoms with Crippen LogP contribution in [0.1, 0.15) is 23.2 Å². The molecule has 1 N–H and O–H groups in total. The number of ether oxygens (including phenoxy) is 1. The maximum atomic E-state index is 12.9. The molecule has 1 amide bonds. The number of nitrogens with one attached hydrogen (secondary N) is 1. The Kier molecular flexibility index (Phi) is 6.43.